The lowest BCUT2D eigenvalue weighted by Gasteiger charge is -1.96. The number of carboxylic acids is 1. The summed E-state index contributed by atoms with van der Waals surface area (Å²) in [6, 6.07) is 1.13. The van der Waals surface area contributed by atoms with E-state index in [9.17, 15) is 9.59 Å². The van der Waals surface area contributed by atoms with Gasteiger partial charge in [0.05, 0.1) is 5.69 Å². The van der Waals surface area contributed by atoms with Crippen molar-refractivity contribution < 1.29 is 19.1 Å². The Hall–Kier alpha value is -1.98. The van der Waals surface area contributed by atoms with Crippen LogP contribution in [0, 0.1) is 0 Å². The quantitative estimate of drug-likeness (QED) is 0.621. The van der Waals surface area contributed by atoms with E-state index in [0.717, 1.165) is 6.07 Å². The second-order valence-corrected chi connectivity index (χ2v) is 2.38. The summed E-state index contributed by atoms with van der Waals surface area (Å²) < 4.78 is 4.73. The highest BCUT2D eigenvalue weighted by atomic mass is 16.4. The van der Waals surface area contributed by atoms with Crippen molar-refractivity contribution in [2.24, 2.45) is 0 Å². The summed E-state index contributed by atoms with van der Waals surface area (Å²) in [5.74, 6) is -1.95. The summed E-state index contributed by atoms with van der Waals surface area (Å²) in [5.41, 5.74) is 5.45. The van der Waals surface area contributed by atoms with Crippen LogP contribution in [-0.2, 0) is 4.79 Å². The highest BCUT2D eigenvalue weighted by Crippen LogP contribution is 2.23. The van der Waals surface area contributed by atoms with E-state index in [2.05, 4.69) is 5.32 Å². The Kier molecular flexibility index (Phi) is 2.23. The van der Waals surface area contributed by atoms with Crippen LogP contribution in [0.25, 0.3) is 0 Å². The lowest BCUT2D eigenvalue weighted by Crippen LogP contribution is -2.06. The Morgan fingerprint density at radius 3 is 2.62 bits per heavy atom. The van der Waals surface area contributed by atoms with Gasteiger partial charge in [0.2, 0.25) is 17.6 Å². The summed E-state index contributed by atoms with van der Waals surface area (Å²) in [6.45, 7) is 1.27. The van der Waals surface area contributed by atoms with Crippen molar-refractivity contribution in [1.82, 2.24) is 0 Å². The molecule has 0 saturated heterocycles. The number of nitrogen functional groups attached to an aromatic ring is 1. The first kappa shape index (κ1) is 9.11. The van der Waals surface area contributed by atoms with Gasteiger partial charge >= 0.3 is 5.97 Å². The van der Waals surface area contributed by atoms with Crippen LogP contribution in [-0.4, -0.2) is 17.0 Å². The number of nitrogens with two attached hydrogens (primary N) is 1. The molecular weight excluding hydrogens is 176 g/mol. The van der Waals surface area contributed by atoms with Crippen LogP contribution in [0.2, 0.25) is 0 Å². The average molecular weight is 184 g/mol. The zero-order valence-electron chi connectivity index (χ0n) is 6.83. The predicted molar refractivity (Wildman–Crippen MR) is 44.4 cm³/mol. The van der Waals surface area contributed by atoms with Gasteiger partial charge in [-0.2, -0.15) is 0 Å². The molecule has 1 heterocycles. The Morgan fingerprint density at radius 1 is 1.62 bits per heavy atom. The fourth-order valence-electron chi connectivity index (χ4n) is 0.768. The molecule has 1 amide bonds. The average Bonchev–Trinajstić information content (AvgIpc) is 2.31. The fourth-order valence-corrected chi connectivity index (χ4v) is 0.768. The maximum absolute atomic E-state index is 10.6. The number of nitrogens with one attached hydrogen (secondary N) is 1. The van der Waals surface area contributed by atoms with E-state index in [1.54, 1.807) is 0 Å². The summed E-state index contributed by atoms with van der Waals surface area (Å²) in [7, 11) is 0. The van der Waals surface area contributed by atoms with Crippen LogP contribution in [0.1, 0.15) is 17.5 Å². The molecule has 0 aliphatic carbocycles. The lowest BCUT2D eigenvalue weighted by molar-refractivity contribution is -0.114. The standard InChI is InChI=1S/C7H8N2O4/c1-3(10)9-6-4(8)2-5(13-6)7(11)12/h2H,8H2,1H3,(H,9,10)(H,11,12). The molecule has 70 valence electrons. The number of carbonyl (C=O) groups excluding carboxylic acids is 1. The minimum Gasteiger partial charge on any atom is -0.475 e. The summed E-state index contributed by atoms with van der Waals surface area (Å²) >= 11 is 0. The van der Waals surface area contributed by atoms with Gasteiger partial charge in [0.25, 0.3) is 0 Å². The molecule has 1 aromatic heterocycles. The van der Waals surface area contributed by atoms with Crippen LogP contribution in [0.15, 0.2) is 10.5 Å². The van der Waals surface area contributed by atoms with E-state index in [1.807, 2.05) is 0 Å². The van der Waals surface area contributed by atoms with E-state index in [0.29, 0.717) is 0 Å². The molecule has 0 aliphatic rings. The van der Waals surface area contributed by atoms with E-state index in [-0.39, 0.29) is 23.2 Å². The Morgan fingerprint density at radius 2 is 2.23 bits per heavy atom. The first-order chi connectivity index (χ1) is 6.00. The number of furan rings is 1. The Bertz CT molecular complexity index is 355. The highest BCUT2D eigenvalue weighted by Gasteiger charge is 2.14. The summed E-state index contributed by atoms with van der Waals surface area (Å²) in [6.07, 6.45) is 0. The van der Waals surface area contributed by atoms with Crippen LogP contribution in [0.4, 0.5) is 11.6 Å². The van der Waals surface area contributed by atoms with Crippen molar-refractivity contribution >= 4 is 23.4 Å². The molecule has 0 aliphatic heterocycles. The lowest BCUT2D eigenvalue weighted by atomic mass is 10.4. The number of hydrogen-bond acceptors (Lipinski definition) is 4. The molecule has 6 heteroatoms. The van der Waals surface area contributed by atoms with Crippen molar-refractivity contribution in [2.75, 3.05) is 11.1 Å². The minimum atomic E-state index is -1.23. The minimum absolute atomic E-state index is 0.0371. The van der Waals surface area contributed by atoms with Crippen molar-refractivity contribution in [3.63, 3.8) is 0 Å². The van der Waals surface area contributed by atoms with Gasteiger partial charge in [-0.05, 0) is 0 Å². The van der Waals surface area contributed by atoms with Crippen LogP contribution >= 0.6 is 0 Å². The first-order valence-electron chi connectivity index (χ1n) is 3.41. The molecule has 1 rings (SSSR count). The van der Waals surface area contributed by atoms with Crippen molar-refractivity contribution in [1.29, 1.82) is 0 Å². The number of anilines is 2. The molecule has 0 unspecified atom stereocenters. The largest absolute Gasteiger partial charge is 0.475 e. The van der Waals surface area contributed by atoms with Gasteiger partial charge in [0.1, 0.15) is 0 Å². The molecule has 1 aromatic rings. The fraction of sp³-hybridized carbons (Fsp3) is 0.143. The van der Waals surface area contributed by atoms with Crippen LogP contribution in [0.5, 0.6) is 0 Å². The van der Waals surface area contributed by atoms with Gasteiger partial charge < -0.3 is 15.3 Å². The molecule has 0 bridgehead atoms. The van der Waals surface area contributed by atoms with E-state index in [4.69, 9.17) is 15.3 Å². The molecule has 6 nitrogen and oxygen atoms in total. The number of amides is 1. The van der Waals surface area contributed by atoms with Gasteiger partial charge in [-0.15, -0.1) is 0 Å². The number of aromatic carboxylic acids is 1. The smallest absolute Gasteiger partial charge is 0.371 e. The third-order valence-electron chi connectivity index (χ3n) is 1.26. The van der Waals surface area contributed by atoms with E-state index >= 15 is 0 Å². The third-order valence-corrected chi connectivity index (χ3v) is 1.26. The number of rotatable bonds is 2. The molecular formula is C7H8N2O4. The topological polar surface area (TPSA) is 106 Å². The van der Waals surface area contributed by atoms with E-state index < -0.39 is 5.97 Å². The number of hydrogen-bond donors (Lipinski definition) is 3. The molecule has 0 saturated carbocycles. The van der Waals surface area contributed by atoms with Gasteiger partial charge in [0, 0.05) is 13.0 Å². The van der Waals surface area contributed by atoms with Crippen molar-refractivity contribution in [3.05, 3.63) is 11.8 Å². The van der Waals surface area contributed by atoms with Gasteiger partial charge in [-0.1, -0.05) is 0 Å². The zero-order chi connectivity index (χ0) is 10.0. The molecule has 0 spiro atoms. The first-order valence-corrected chi connectivity index (χ1v) is 3.41. The number of carboxylic acid groups (broad SMARTS) is 1. The molecule has 0 aromatic carbocycles. The molecule has 4 N–H and O–H groups in total. The summed E-state index contributed by atoms with van der Waals surface area (Å²) in [5, 5.41) is 10.7. The van der Waals surface area contributed by atoms with Crippen molar-refractivity contribution in [2.45, 2.75) is 6.92 Å². The third kappa shape index (κ3) is 1.98. The highest BCUT2D eigenvalue weighted by molar-refractivity contribution is 5.93. The molecule has 0 radical (unpaired) electrons. The molecule has 0 atom stereocenters. The zero-order valence-corrected chi connectivity index (χ0v) is 6.83. The number of carbonyl (C=O) groups is 2. The Labute approximate surface area is 73.3 Å². The van der Waals surface area contributed by atoms with Gasteiger partial charge in [-0.3, -0.25) is 10.1 Å². The SMILES string of the molecule is CC(=O)Nc1oc(C(=O)O)cc1N. The second-order valence-electron chi connectivity index (χ2n) is 2.38. The van der Waals surface area contributed by atoms with Crippen LogP contribution < -0.4 is 11.1 Å². The maximum atomic E-state index is 10.6. The van der Waals surface area contributed by atoms with Gasteiger partial charge in [-0.25, -0.2) is 4.79 Å². The maximum Gasteiger partial charge on any atom is 0.371 e. The van der Waals surface area contributed by atoms with Crippen molar-refractivity contribution in [3.8, 4) is 0 Å². The molecule has 13 heavy (non-hydrogen) atoms. The normalized spacial score (nSPS) is 9.62. The molecule has 0 fully saturated rings. The Balaban J connectivity index is 2.96. The summed E-state index contributed by atoms with van der Waals surface area (Å²) in [4.78, 5) is 21.0. The van der Waals surface area contributed by atoms with Crippen LogP contribution in [0.3, 0.4) is 0 Å². The monoisotopic (exact) mass is 184 g/mol. The van der Waals surface area contributed by atoms with E-state index in [1.165, 1.54) is 6.92 Å². The second kappa shape index (κ2) is 3.18. The predicted octanol–water partition coefficient (Wildman–Crippen LogP) is 0.518. The van der Waals surface area contributed by atoms with Gasteiger partial charge in [0.15, 0.2) is 0 Å².